The van der Waals surface area contributed by atoms with Crippen molar-refractivity contribution in [1.82, 2.24) is 14.6 Å². The lowest BCUT2D eigenvalue weighted by molar-refractivity contribution is 0.827. The second-order valence-electron chi connectivity index (χ2n) is 6.10. The lowest BCUT2D eigenvalue weighted by Gasteiger charge is -2.06. The minimum atomic E-state index is 0.775. The Kier molecular flexibility index (Phi) is 4.96. The van der Waals surface area contributed by atoms with Crippen LogP contribution in [0.1, 0.15) is 11.3 Å². The van der Waals surface area contributed by atoms with Crippen LogP contribution in [0, 0.1) is 0 Å². The largest absolute Gasteiger partial charge is 0.235 e. The normalized spacial score (nSPS) is 11.2. The van der Waals surface area contributed by atoms with Crippen LogP contribution >= 0.6 is 23.4 Å². The maximum Gasteiger partial charge on any atom is 0.154 e. The average molecular weight is 380 g/mol. The summed E-state index contributed by atoms with van der Waals surface area (Å²) in [6, 6.07) is 20.5. The summed E-state index contributed by atoms with van der Waals surface area (Å²) in [4.78, 5) is 5.73. The van der Waals surface area contributed by atoms with E-state index in [0.717, 1.165) is 40.5 Å². The maximum absolute atomic E-state index is 6.07. The van der Waals surface area contributed by atoms with E-state index in [1.807, 2.05) is 35.0 Å². The van der Waals surface area contributed by atoms with Gasteiger partial charge in [-0.1, -0.05) is 35.9 Å². The van der Waals surface area contributed by atoms with E-state index in [0.29, 0.717) is 0 Å². The Morgan fingerprint density at radius 2 is 1.88 bits per heavy atom. The number of halogens is 1. The van der Waals surface area contributed by atoms with Gasteiger partial charge in [0.25, 0.3) is 0 Å². The van der Waals surface area contributed by atoms with Gasteiger partial charge in [-0.3, -0.25) is 0 Å². The van der Waals surface area contributed by atoms with E-state index in [4.69, 9.17) is 16.7 Å². The molecular formula is C21H18ClN3S. The number of nitrogens with zero attached hydrogens (tertiary/aromatic N) is 3. The van der Waals surface area contributed by atoms with Crippen molar-refractivity contribution in [3.05, 3.63) is 83.1 Å². The second-order valence-corrected chi connectivity index (χ2v) is 7.42. The molecule has 130 valence electrons. The van der Waals surface area contributed by atoms with Crippen LogP contribution in [0.15, 0.2) is 71.8 Å². The molecule has 0 radical (unpaired) electrons. The van der Waals surface area contributed by atoms with Gasteiger partial charge in [-0.15, -0.1) is 11.8 Å². The summed E-state index contributed by atoms with van der Waals surface area (Å²) >= 11 is 7.81. The third kappa shape index (κ3) is 3.62. The van der Waals surface area contributed by atoms with E-state index in [9.17, 15) is 0 Å². The van der Waals surface area contributed by atoms with Gasteiger partial charge in [0.15, 0.2) is 5.65 Å². The highest BCUT2D eigenvalue weighted by Crippen LogP contribution is 2.25. The Morgan fingerprint density at radius 3 is 2.73 bits per heavy atom. The van der Waals surface area contributed by atoms with Gasteiger partial charge in [0.05, 0.1) is 17.6 Å². The van der Waals surface area contributed by atoms with Crippen LogP contribution in [-0.4, -0.2) is 20.9 Å². The lowest BCUT2D eigenvalue weighted by Crippen LogP contribution is -2.01. The monoisotopic (exact) mass is 379 g/mol. The number of rotatable bonds is 5. The molecule has 0 unspecified atom stereocenters. The maximum atomic E-state index is 6.07. The van der Waals surface area contributed by atoms with Crippen molar-refractivity contribution in [3.63, 3.8) is 0 Å². The zero-order valence-electron chi connectivity index (χ0n) is 14.4. The second kappa shape index (κ2) is 7.52. The fraction of sp³-hybridized carbons (Fsp3) is 0.143. The van der Waals surface area contributed by atoms with Crippen molar-refractivity contribution in [3.8, 4) is 11.3 Å². The first kappa shape index (κ1) is 17.1. The van der Waals surface area contributed by atoms with Gasteiger partial charge in [0.2, 0.25) is 0 Å². The fourth-order valence-electron chi connectivity index (χ4n) is 2.99. The molecule has 4 rings (SSSR count). The smallest absolute Gasteiger partial charge is 0.154 e. The number of aryl methyl sites for hydroxylation is 2. The third-order valence-electron chi connectivity index (χ3n) is 4.34. The first-order valence-corrected chi connectivity index (χ1v) is 10.1. The number of hydrogen-bond donors (Lipinski definition) is 0. The van der Waals surface area contributed by atoms with Crippen LogP contribution < -0.4 is 0 Å². The topological polar surface area (TPSA) is 30.2 Å². The van der Waals surface area contributed by atoms with E-state index in [-0.39, 0.29) is 0 Å². The summed E-state index contributed by atoms with van der Waals surface area (Å²) in [6.07, 6.45) is 5.74. The quantitative estimate of drug-likeness (QED) is 0.425. The van der Waals surface area contributed by atoms with Crippen molar-refractivity contribution in [2.24, 2.45) is 0 Å². The first-order valence-electron chi connectivity index (χ1n) is 8.45. The summed E-state index contributed by atoms with van der Waals surface area (Å²) in [5.41, 5.74) is 5.26. The highest BCUT2D eigenvalue weighted by molar-refractivity contribution is 7.98. The Balaban J connectivity index is 1.64. The average Bonchev–Trinajstić information content (AvgIpc) is 3.10. The predicted molar refractivity (Wildman–Crippen MR) is 109 cm³/mol. The molecule has 3 nitrogen and oxygen atoms in total. The summed E-state index contributed by atoms with van der Waals surface area (Å²) in [5.74, 6) is 0. The van der Waals surface area contributed by atoms with Crippen LogP contribution in [-0.2, 0) is 12.8 Å². The number of aromatic nitrogens is 3. The zero-order chi connectivity index (χ0) is 17.9. The lowest BCUT2D eigenvalue weighted by atomic mass is 10.1. The molecule has 0 aliphatic heterocycles. The van der Waals surface area contributed by atoms with Gasteiger partial charge in [-0.25, -0.2) is 9.50 Å². The van der Waals surface area contributed by atoms with Crippen LogP contribution in [0.25, 0.3) is 16.9 Å². The first-order chi connectivity index (χ1) is 12.7. The summed E-state index contributed by atoms with van der Waals surface area (Å²) in [5, 5.41) is 5.59. The molecule has 26 heavy (non-hydrogen) atoms. The predicted octanol–water partition coefficient (Wildman–Crippen LogP) is 5.56. The molecule has 0 saturated carbocycles. The number of thioether (sulfide) groups is 1. The molecule has 2 aromatic carbocycles. The zero-order valence-corrected chi connectivity index (χ0v) is 16.0. The van der Waals surface area contributed by atoms with Gasteiger partial charge >= 0.3 is 0 Å². The van der Waals surface area contributed by atoms with E-state index in [1.54, 1.807) is 11.8 Å². The van der Waals surface area contributed by atoms with Gasteiger partial charge in [-0.2, -0.15) is 5.10 Å². The van der Waals surface area contributed by atoms with Gasteiger partial charge in [0, 0.05) is 15.5 Å². The molecule has 4 aromatic rings. The van der Waals surface area contributed by atoms with E-state index >= 15 is 0 Å². The van der Waals surface area contributed by atoms with E-state index < -0.39 is 0 Å². The number of hydrogen-bond acceptors (Lipinski definition) is 3. The molecule has 0 fully saturated rings. The van der Waals surface area contributed by atoms with Gasteiger partial charge in [-0.05, 0) is 61.1 Å². The molecule has 5 heteroatoms. The van der Waals surface area contributed by atoms with Crippen LogP contribution in [0.4, 0.5) is 0 Å². The Bertz CT molecular complexity index is 1060. The summed E-state index contributed by atoms with van der Waals surface area (Å²) in [6.45, 7) is 0. The molecule has 2 heterocycles. The third-order valence-corrected chi connectivity index (χ3v) is 5.30. The molecule has 0 aliphatic rings. The summed E-state index contributed by atoms with van der Waals surface area (Å²) < 4.78 is 1.94. The van der Waals surface area contributed by atoms with Crippen molar-refractivity contribution >= 4 is 29.0 Å². The highest BCUT2D eigenvalue weighted by atomic mass is 35.5. The minimum Gasteiger partial charge on any atom is -0.235 e. The number of fused-ring (bicyclic) bond motifs is 1. The van der Waals surface area contributed by atoms with Crippen LogP contribution in [0.5, 0.6) is 0 Å². The molecule has 0 saturated heterocycles. The standard InChI is InChI=1S/C21H18ClN3S/c1-26-19-7-3-5-16(13-19)20-14-23-21-11-10-18(24-25(20)21)9-8-15-4-2-6-17(22)12-15/h2-7,10-14H,8-9H2,1H3. The molecule has 0 bridgehead atoms. The number of imidazole rings is 1. The molecule has 0 N–H and O–H groups in total. The van der Waals surface area contributed by atoms with Crippen LogP contribution in [0.2, 0.25) is 5.02 Å². The molecule has 0 atom stereocenters. The molecule has 0 aliphatic carbocycles. The van der Waals surface area contributed by atoms with Crippen molar-refractivity contribution in [2.75, 3.05) is 6.26 Å². The number of benzene rings is 2. The Morgan fingerprint density at radius 1 is 1.00 bits per heavy atom. The van der Waals surface area contributed by atoms with Crippen molar-refractivity contribution in [2.45, 2.75) is 17.7 Å². The molecule has 0 spiro atoms. The summed E-state index contributed by atoms with van der Waals surface area (Å²) in [7, 11) is 0. The van der Waals surface area contributed by atoms with Crippen molar-refractivity contribution in [1.29, 1.82) is 0 Å². The fourth-order valence-corrected chi connectivity index (χ4v) is 3.66. The van der Waals surface area contributed by atoms with Gasteiger partial charge in [0.1, 0.15) is 0 Å². The van der Waals surface area contributed by atoms with E-state index in [1.165, 1.54) is 10.5 Å². The van der Waals surface area contributed by atoms with E-state index in [2.05, 4.69) is 47.6 Å². The SMILES string of the molecule is CSc1cccc(-c2cnc3ccc(CCc4cccc(Cl)c4)nn23)c1. The van der Waals surface area contributed by atoms with Crippen molar-refractivity contribution < 1.29 is 0 Å². The Labute approximate surface area is 162 Å². The van der Waals surface area contributed by atoms with Crippen LogP contribution in [0.3, 0.4) is 0 Å². The minimum absolute atomic E-state index is 0.775. The molecule has 0 amide bonds. The Hall–Kier alpha value is -2.30. The molecular weight excluding hydrogens is 362 g/mol. The molecule has 2 aromatic heterocycles. The van der Waals surface area contributed by atoms with Gasteiger partial charge < -0.3 is 0 Å². The highest BCUT2D eigenvalue weighted by Gasteiger charge is 2.09.